The Hall–Kier alpha value is -3.15. The van der Waals surface area contributed by atoms with E-state index >= 15 is 0 Å². The van der Waals surface area contributed by atoms with E-state index in [4.69, 9.17) is 10.5 Å². The second-order valence-corrected chi connectivity index (χ2v) is 12.4. The molecule has 39 heavy (non-hydrogen) atoms. The van der Waals surface area contributed by atoms with Crippen LogP contribution in [-0.4, -0.2) is 81.2 Å². The Labute approximate surface area is 226 Å². The molecule has 1 aromatic rings. The summed E-state index contributed by atoms with van der Waals surface area (Å²) in [5.74, 6) is -0.0895. The number of imide groups is 1. The van der Waals surface area contributed by atoms with Crippen molar-refractivity contribution in [1.82, 2.24) is 18.9 Å². The Kier molecular flexibility index (Phi) is 6.16. The molecule has 5 aliphatic rings. The van der Waals surface area contributed by atoms with Crippen molar-refractivity contribution in [2.24, 2.45) is 28.0 Å². The number of nitrogens with zero attached hydrogens (tertiary/aromatic N) is 5. The molecular formula is C27H38N6O6. The minimum atomic E-state index is -0.799. The molecule has 2 saturated heterocycles. The fourth-order valence-electron chi connectivity index (χ4n) is 7.51. The number of carbonyl (C=O) groups is 2. The molecule has 6 rings (SSSR count). The first-order valence-electron chi connectivity index (χ1n) is 14.1. The third kappa shape index (κ3) is 4.01. The average molecular weight is 543 g/mol. The van der Waals surface area contributed by atoms with Crippen LogP contribution in [0.1, 0.15) is 69.4 Å². The number of amidine groups is 1. The summed E-state index contributed by atoms with van der Waals surface area (Å²) in [6.07, 6.45) is 6.73. The van der Waals surface area contributed by atoms with E-state index in [2.05, 4.69) is 4.99 Å². The Morgan fingerprint density at radius 2 is 1.74 bits per heavy atom. The molecule has 3 amide bonds. The van der Waals surface area contributed by atoms with Crippen molar-refractivity contribution in [2.45, 2.75) is 75.9 Å². The molecule has 3 heterocycles. The lowest BCUT2D eigenvalue weighted by Gasteiger charge is -2.58. The van der Waals surface area contributed by atoms with Gasteiger partial charge in [-0.3, -0.25) is 28.6 Å². The van der Waals surface area contributed by atoms with Gasteiger partial charge in [0.1, 0.15) is 16.9 Å². The van der Waals surface area contributed by atoms with Crippen LogP contribution in [0.3, 0.4) is 0 Å². The molecule has 12 heteroatoms. The predicted octanol–water partition coefficient (Wildman–Crippen LogP) is 1.03. The number of carbonyl (C=O) groups excluding carboxylic acids is 2. The molecule has 2 aliphatic heterocycles. The molecule has 3 N–H and O–H groups in total. The summed E-state index contributed by atoms with van der Waals surface area (Å²) in [5.41, 5.74) is 3.85. The number of urea groups is 1. The zero-order chi connectivity index (χ0) is 27.7. The van der Waals surface area contributed by atoms with Gasteiger partial charge in [0.25, 0.3) is 11.5 Å². The fourth-order valence-corrected chi connectivity index (χ4v) is 7.51. The molecule has 212 valence electrons. The van der Waals surface area contributed by atoms with Crippen molar-refractivity contribution in [3.63, 3.8) is 0 Å². The van der Waals surface area contributed by atoms with E-state index in [-0.39, 0.29) is 40.7 Å². The number of hydrogen-bond donors (Lipinski definition) is 2. The lowest BCUT2D eigenvalue weighted by molar-refractivity contribution is -0.150. The van der Waals surface area contributed by atoms with E-state index in [0.717, 1.165) is 32.1 Å². The predicted molar refractivity (Wildman–Crippen MR) is 142 cm³/mol. The molecule has 0 radical (unpaired) electrons. The minimum absolute atomic E-state index is 0.0923. The molecule has 1 aromatic heterocycles. The standard InChI is InChI=1S/C27H38N6O6/c1-29-20(28)19-21(34)31(11-16-3-4-16)25(38)33(22(19)35)18-5-8-26(9-6-18)14-27(15-26)23(36)30(2)24(37)32(27)12-17-7-10-39-13-17/h16-18,34H,3-15H2,1-2H3,(H2,28,29)/t17-,18?,26?,27?/m1/s1. The molecule has 0 bridgehead atoms. The minimum Gasteiger partial charge on any atom is -0.494 e. The van der Waals surface area contributed by atoms with Gasteiger partial charge in [0, 0.05) is 45.8 Å². The lowest BCUT2D eigenvalue weighted by Crippen LogP contribution is -2.64. The monoisotopic (exact) mass is 542 g/mol. The second kappa shape index (κ2) is 9.21. The topological polar surface area (TPSA) is 152 Å². The number of aliphatic imine (C=N–C) groups is 1. The zero-order valence-corrected chi connectivity index (χ0v) is 22.7. The van der Waals surface area contributed by atoms with Gasteiger partial charge in [-0.25, -0.2) is 9.59 Å². The maximum absolute atomic E-state index is 13.5. The summed E-state index contributed by atoms with van der Waals surface area (Å²) in [6.45, 7) is 2.17. The van der Waals surface area contributed by atoms with Gasteiger partial charge >= 0.3 is 11.7 Å². The smallest absolute Gasteiger partial charge is 0.334 e. The summed E-state index contributed by atoms with van der Waals surface area (Å²) < 4.78 is 8.05. The van der Waals surface area contributed by atoms with E-state index in [0.29, 0.717) is 57.9 Å². The normalized spacial score (nSPS) is 33.0. The van der Waals surface area contributed by atoms with Crippen molar-refractivity contribution >= 4 is 17.8 Å². The highest BCUT2D eigenvalue weighted by Gasteiger charge is 2.68. The van der Waals surface area contributed by atoms with Gasteiger partial charge in [-0.2, -0.15) is 0 Å². The first-order valence-corrected chi connectivity index (χ1v) is 14.1. The van der Waals surface area contributed by atoms with Crippen molar-refractivity contribution < 1.29 is 19.4 Å². The van der Waals surface area contributed by atoms with Crippen molar-refractivity contribution in [3.8, 4) is 5.88 Å². The molecule has 2 spiro atoms. The number of amides is 3. The highest BCUT2D eigenvalue weighted by molar-refractivity contribution is 6.07. The number of rotatable bonds is 6. The van der Waals surface area contributed by atoms with Gasteiger partial charge < -0.3 is 20.5 Å². The van der Waals surface area contributed by atoms with Gasteiger partial charge in [0.15, 0.2) is 0 Å². The van der Waals surface area contributed by atoms with Crippen LogP contribution in [-0.2, 0) is 16.1 Å². The van der Waals surface area contributed by atoms with Gasteiger partial charge in [0.05, 0.1) is 6.61 Å². The Balaban J connectivity index is 1.23. The zero-order valence-electron chi connectivity index (χ0n) is 22.7. The quantitative estimate of drug-likeness (QED) is 0.309. The molecule has 1 atom stereocenters. The number of hydrogen-bond acceptors (Lipinski definition) is 7. The molecule has 3 aliphatic carbocycles. The van der Waals surface area contributed by atoms with Crippen LogP contribution in [0.2, 0.25) is 0 Å². The summed E-state index contributed by atoms with van der Waals surface area (Å²) in [5, 5.41) is 10.8. The number of ether oxygens (including phenoxy) is 1. The molecule has 0 unspecified atom stereocenters. The number of aromatic nitrogens is 2. The lowest BCUT2D eigenvalue weighted by atomic mass is 9.51. The van der Waals surface area contributed by atoms with E-state index in [1.54, 1.807) is 11.9 Å². The van der Waals surface area contributed by atoms with Crippen molar-refractivity contribution in [1.29, 1.82) is 0 Å². The number of aromatic hydroxyl groups is 1. The van der Waals surface area contributed by atoms with Crippen LogP contribution in [0.5, 0.6) is 5.88 Å². The third-order valence-corrected chi connectivity index (χ3v) is 9.90. The van der Waals surface area contributed by atoms with Crippen LogP contribution in [0.4, 0.5) is 4.79 Å². The van der Waals surface area contributed by atoms with Gasteiger partial charge in [-0.05, 0) is 69.1 Å². The summed E-state index contributed by atoms with van der Waals surface area (Å²) in [4.78, 5) is 60.2. The Morgan fingerprint density at radius 3 is 2.33 bits per heavy atom. The van der Waals surface area contributed by atoms with Crippen LogP contribution < -0.4 is 17.0 Å². The first-order chi connectivity index (χ1) is 18.6. The summed E-state index contributed by atoms with van der Waals surface area (Å²) in [7, 11) is 3.01. The molecule has 5 fully saturated rings. The molecule has 0 aromatic carbocycles. The van der Waals surface area contributed by atoms with E-state index in [9.17, 15) is 24.3 Å². The van der Waals surface area contributed by atoms with E-state index in [1.165, 1.54) is 21.1 Å². The van der Waals surface area contributed by atoms with Crippen LogP contribution in [0.25, 0.3) is 0 Å². The average Bonchev–Trinajstić information content (AvgIpc) is 3.54. The SMILES string of the molecule is CN=C(N)c1c(O)n(CC2CC2)c(=O)n(C2CCC3(CC2)CC2(C3)C(=O)N(C)C(=O)N2C[C@H]2CCOC2)c1=O. The Morgan fingerprint density at radius 1 is 1.05 bits per heavy atom. The van der Waals surface area contributed by atoms with Gasteiger partial charge in [0.2, 0.25) is 5.88 Å². The third-order valence-electron chi connectivity index (χ3n) is 9.90. The van der Waals surface area contributed by atoms with Crippen LogP contribution in [0, 0.1) is 17.3 Å². The van der Waals surface area contributed by atoms with E-state index < -0.39 is 22.7 Å². The largest absolute Gasteiger partial charge is 0.494 e. The summed E-state index contributed by atoms with van der Waals surface area (Å²) >= 11 is 0. The molecule has 12 nitrogen and oxygen atoms in total. The highest BCUT2D eigenvalue weighted by Crippen LogP contribution is 2.62. The maximum atomic E-state index is 13.5. The fraction of sp³-hybridized carbons (Fsp3) is 0.741. The number of likely N-dealkylation sites (N-methyl/N-ethyl adjacent to an activating group) is 1. The molecule has 3 saturated carbocycles. The van der Waals surface area contributed by atoms with Crippen molar-refractivity contribution in [2.75, 3.05) is 33.9 Å². The maximum Gasteiger partial charge on any atom is 0.334 e. The van der Waals surface area contributed by atoms with E-state index in [1.807, 2.05) is 0 Å². The summed E-state index contributed by atoms with van der Waals surface area (Å²) in [6, 6.07) is -0.568. The van der Waals surface area contributed by atoms with Crippen LogP contribution in [0.15, 0.2) is 14.6 Å². The first kappa shape index (κ1) is 26.1. The van der Waals surface area contributed by atoms with Crippen molar-refractivity contribution in [3.05, 3.63) is 26.4 Å². The Bertz CT molecular complexity index is 1340. The second-order valence-electron chi connectivity index (χ2n) is 12.4. The van der Waals surface area contributed by atoms with Crippen LogP contribution >= 0.6 is 0 Å². The van der Waals surface area contributed by atoms with Gasteiger partial charge in [-0.15, -0.1) is 0 Å². The molecular weight excluding hydrogens is 504 g/mol. The van der Waals surface area contributed by atoms with Gasteiger partial charge in [-0.1, -0.05) is 0 Å². The highest BCUT2D eigenvalue weighted by atomic mass is 16.5. The number of nitrogens with two attached hydrogens (primary N) is 1.